The minimum atomic E-state index is 0.0575. The lowest BCUT2D eigenvalue weighted by Gasteiger charge is -2.44. The van der Waals surface area contributed by atoms with Crippen molar-refractivity contribution in [3.63, 3.8) is 0 Å². The molecule has 0 atom stereocenters. The number of rotatable bonds is 8. The smallest absolute Gasteiger partial charge is 0.0637 e. The van der Waals surface area contributed by atoms with Gasteiger partial charge in [-0.3, -0.25) is 0 Å². The fourth-order valence-electron chi connectivity index (χ4n) is 2.69. The summed E-state index contributed by atoms with van der Waals surface area (Å²) in [6.45, 7) is 12.1. The Hall–Kier alpha value is -0.200. The van der Waals surface area contributed by atoms with Gasteiger partial charge in [0.25, 0.3) is 0 Å². The van der Waals surface area contributed by atoms with Gasteiger partial charge in [0, 0.05) is 10.8 Å². The van der Waals surface area contributed by atoms with Crippen molar-refractivity contribution in [2.75, 3.05) is 66.1 Å². The van der Waals surface area contributed by atoms with Crippen molar-refractivity contribution >= 4 is 0 Å². The van der Waals surface area contributed by atoms with Crippen LogP contribution in [0, 0.1) is 16.2 Å². The predicted octanol–water partition coefficient (Wildman–Crippen LogP) is 1.11. The second kappa shape index (κ2) is 5.54. The quantitative estimate of drug-likeness (QED) is 0.669. The molecule has 0 unspecified atom stereocenters. The second-order valence-electron chi connectivity index (χ2n) is 7.59. The highest BCUT2D eigenvalue weighted by Crippen LogP contribution is 2.33. The number of hydrogen-bond donors (Lipinski definition) is 0. The minimum Gasteiger partial charge on any atom is -0.380 e. The van der Waals surface area contributed by atoms with Gasteiger partial charge in [-0.2, -0.15) is 0 Å². The predicted molar refractivity (Wildman–Crippen MR) is 72.7 cm³/mol. The van der Waals surface area contributed by atoms with Crippen LogP contribution in [0.25, 0.3) is 0 Å². The van der Waals surface area contributed by atoms with Crippen molar-refractivity contribution in [2.24, 2.45) is 16.2 Å². The maximum absolute atomic E-state index is 5.91. The van der Waals surface area contributed by atoms with E-state index in [0.29, 0.717) is 0 Å². The van der Waals surface area contributed by atoms with Crippen molar-refractivity contribution in [3.8, 4) is 0 Å². The number of ether oxygens (including phenoxy) is 5. The van der Waals surface area contributed by atoms with Crippen LogP contribution in [-0.2, 0) is 23.7 Å². The molecule has 3 rings (SSSR count). The first-order valence-corrected chi connectivity index (χ1v) is 7.42. The van der Waals surface area contributed by atoms with Crippen LogP contribution in [-0.4, -0.2) is 66.1 Å². The second-order valence-corrected chi connectivity index (χ2v) is 7.59. The highest BCUT2D eigenvalue weighted by Gasteiger charge is 2.42. The summed E-state index contributed by atoms with van der Waals surface area (Å²) < 4.78 is 27.7. The Kier molecular flexibility index (Phi) is 4.08. The summed E-state index contributed by atoms with van der Waals surface area (Å²) in [5.74, 6) is 0. The molecule has 3 heterocycles. The van der Waals surface area contributed by atoms with Crippen LogP contribution in [0.2, 0.25) is 0 Å². The van der Waals surface area contributed by atoms with Crippen molar-refractivity contribution in [1.29, 1.82) is 0 Å². The standard InChI is InChI=1S/C15H26O5/c1-13(3-16-4-13)7-18-9-15(11-20-12-15)10-19-8-14(2)5-17-6-14/h3-12H2,1-2H3. The van der Waals surface area contributed by atoms with Crippen molar-refractivity contribution in [3.05, 3.63) is 0 Å². The molecule has 20 heavy (non-hydrogen) atoms. The molecule has 0 aromatic rings. The normalized spacial score (nSPS) is 29.1. The van der Waals surface area contributed by atoms with Gasteiger partial charge in [-0.25, -0.2) is 0 Å². The molecule has 3 aliphatic heterocycles. The fourth-order valence-corrected chi connectivity index (χ4v) is 2.69. The lowest BCUT2D eigenvalue weighted by Crippen LogP contribution is -2.52. The molecule has 0 saturated carbocycles. The van der Waals surface area contributed by atoms with Gasteiger partial charge >= 0.3 is 0 Å². The molecule has 5 nitrogen and oxygen atoms in total. The van der Waals surface area contributed by atoms with Crippen LogP contribution in [0.5, 0.6) is 0 Å². The van der Waals surface area contributed by atoms with E-state index in [1.54, 1.807) is 0 Å². The average molecular weight is 286 g/mol. The molecule has 116 valence electrons. The summed E-state index contributed by atoms with van der Waals surface area (Å²) in [5, 5.41) is 0. The van der Waals surface area contributed by atoms with Crippen LogP contribution in [0.15, 0.2) is 0 Å². The Morgan fingerprint density at radius 2 is 1.05 bits per heavy atom. The lowest BCUT2D eigenvalue weighted by molar-refractivity contribution is -0.210. The van der Waals surface area contributed by atoms with Crippen molar-refractivity contribution < 1.29 is 23.7 Å². The maximum Gasteiger partial charge on any atom is 0.0637 e. The average Bonchev–Trinajstić information content (AvgIpc) is 2.30. The van der Waals surface area contributed by atoms with E-state index in [1.807, 2.05) is 0 Å². The third kappa shape index (κ3) is 3.17. The Balaban J connectivity index is 1.36. The van der Waals surface area contributed by atoms with E-state index >= 15 is 0 Å². The molecule has 3 saturated heterocycles. The molecule has 5 heteroatoms. The van der Waals surface area contributed by atoms with Crippen molar-refractivity contribution in [2.45, 2.75) is 13.8 Å². The highest BCUT2D eigenvalue weighted by molar-refractivity contribution is 4.88. The first-order chi connectivity index (χ1) is 9.54. The number of hydrogen-bond acceptors (Lipinski definition) is 5. The molecule has 0 spiro atoms. The van der Waals surface area contributed by atoms with E-state index in [9.17, 15) is 0 Å². The van der Waals surface area contributed by atoms with Crippen LogP contribution < -0.4 is 0 Å². The monoisotopic (exact) mass is 286 g/mol. The molecule has 3 aliphatic rings. The van der Waals surface area contributed by atoms with E-state index in [1.165, 1.54) is 0 Å². The van der Waals surface area contributed by atoms with Crippen LogP contribution in [0.4, 0.5) is 0 Å². The van der Waals surface area contributed by atoms with Crippen LogP contribution in [0.1, 0.15) is 13.8 Å². The molecule has 0 amide bonds. The summed E-state index contributed by atoms with van der Waals surface area (Å²) in [6.07, 6.45) is 0. The summed E-state index contributed by atoms with van der Waals surface area (Å²) >= 11 is 0. The van der Waals surface area contributed by atoms with Gasteiger partial charge in [0.1, 0.15) is 0 Å². The Bertz CT molecular complexity index is 303. The van der Waals surface area contributed by atoms with Gasteiger partial charge < -0.3 is 23.7 Å². The van der Waals surface area contributed by atoms with E-state index in [0.717, 1.165) is 66.1 Å². The molecular weight excluding hydrogens is 260 g/mol. The third-order valence-electron chi connectivity index (χ3n) is 4.34. The minimum absolute atomic E-state index is 0.0575. The zero-order valence-corrected chi connectivity index (χ0v) is 12.6. The lowest BCUT2D eigenvalue weighted by atomic mass is 9.86. The maximum atomic E-state index is 5.91. The molecule has 0 aromatic heterocycles. The Labute approximate surface area is 120 Å². The van der Waals surface area contributed by atoms with Gasteiger partial charge in [0.15, 0.2) is 0 Å². The zero-order chi connectivity index (χ0) is 14.1. The van der Waals surface area contributed by atoms with E-state index in [-0.39, 0.29) is 16.2 Å². The Morgan fingerprint density at radius 3 is 1.30 bits per heavy atom. The van der Waals surface area contributed by atoms with Gasteiger partial charge in [0.05, 0.1) is 71.5 Å². The summed E-state index contributed by atoms with van der Waals surface area (Å²) in [6, 6.07) is 0. The van der Waals surface area contributed by atoms with Crippen LogP contribution in [0.3, 0.4) is 0 Å². The summed E-state index contributed by atoms with van der Waals surface area (Å²) in [7, 11) is 0. The van der Waals surface area contributed by atoms with E-state index in [2.05, 4.69) is 13.8 Å². The topological polar surface area (TPSA) is 46.2 Å². The SMILES string of the molecule is CC1(COCC2(COCC3(C)COC3)COC2)COC1. The van der Waals surface area contributed by atoms with Crippen molar-refractivity contribution in [1.82, 2.24) is 0 Å². The zero-order valence-electron chi connectivity index (χ0n) is 12.6. The largest absolute Gasteiger partial charge is 0.380 e. The fraction of sp³-hybridized carbons (Fsp3) is 1.00. The molecular formula is C15H26O5. The van der Waals surface area contributed by atoms with E-state index in [4.69, 9.17) is 23.7 Å². The molecule has 0 bridgehead atoms. The first kappa shape index (κ1) is 14.7. The molecule has 0 N–H and O–H groups in total. The van der Waals surface area contributed by atoms with Gasteiger partial charge in [-0.15, -0.1) is 0 Å². The van der Waals surface area contributed by atoms with Crippen LogP contribution >= 0.6 is 0 Å². The third-order valence-corrected chi connectivity index (χ3v) is 4.34. The molecule has 0 aromatic carbocycles. The van der Waals surface area contributed by atoms with Gasteiger partial charge in [-0.1, -0.05) is 13.8 Å². The van der Waals surface area contributed by atoms with Gasteiger partial charge in [-0.05, 0) is 0 Å². The first-order valence-electron chi connectivity index (χ1n) is 7.42. The summed E-state index contributed by atoms with van der Waals surface area (Å²) in [5.41, 5.74) is 0.481. The Morgan fingerprint density at radius 1 is 0.650 bits per heavy atom. The van der Waals surface area contributed by atoms with Gasteiger partial charge in [0.2, 0.25) is 0 Å². The molecule has 0 radical (unpaired) electrons. The summed E-state index contributed by atoms with van der Waals surface area (Å²) in [4.78, 5) is 0. The molecule has 0 aliphatic carbocycles. The van der Waals surface area contributed by atoms with E-state index < -0.39 is 0 Å². The molecule has 3 fully saturated rings. The highest BCUT2D eigenvalue weighted by atomic mass is 16.5.